The van der Waals surface area contributed by atoms with Gasteiger partial charge in [0, 0.05) is 42.7 Å². The molecule has 4 nitrogen and oxygen atoms in total. The van der Waals surface area contributed by atoms with Gasteiger partial charge in [-0.25, -0.2) is 0 Å². The molecular formula is C16H22N4. The van der Waals surface area contributed by atoms with Gasteiger partial charge in [-0.2, -0.15) is 5.10 Å². The summed E-state index contributed by atoms with van der Waals surface area (Å²) in [6, 6.07) is 4.58. The summed E-state index contributed by atoms with van der Waals surface area (Å²) in [5, 5.41) is 7.96. The van der Waals surface area contributed by atoms with Crippen molar-refractivity contribution >= 4 is 0 Å². The summed E-state index contributed by atoms with van der Waals surface area (Å²) in [4.78, 5) is 4.67. The zero-order valence-corrected chi connectivity index (χ0v) is 12.2. The third-order valence-electron chi connectivity index (χ3n) is 4.15. The molecule has 0 aliphatic heterocycles. The molecule has 0 saturated heterocycles. The summed E-state index contributed by atoms with van der Waals surface area (Å²) in [5.74, 6) is 0.448. The number of likely N-dealkylation sites (N-methyl/N-ethyl adjacent to an activating group) is 1. The molecule has 106 valence electrons. The van der Waals surface area contributed by atoms with Crippen LogP contribution in [-0.4, -0.2) is 21.3 Å². The van der Waals surface area contributed by atoms with E-state index in [9.17, 15) is 0 Å². The monoisotopic (exact) mass is 270 g/mol. The van der Waals surface area contributed by atoms with Crippen LogP contribution in [-0.2, 0) is 13.5 Å². The SMILES string of the molecule is CCNC(c1cnn(C)c1)C1CCCc2cccnc21. The van der Waals surface area contributed by atoms with Crippen molar-refractivity contribution in [3.63, 3.8) is 0 Å². The number of fused-ring (bicyclic) bond motifs is 1. The Bertz CT molecular complexity index is 575. The Labute approximate surface area is 120 Å². The molecule has 0 aromatic carbocycles. The molecule has 0 fully saturated rings. The quantitative estimate of drug-likeness (QED) is 0.928. The van der Waals surface area contributed by atoms with Gasteiger partial charge in [-0.05, 0) is 37.4 Å². The van der Waals surface area contributed by atoms with Crippen molar-refractivity contribution in [1.82, 2.24) is 20.1 Å². The van der Waals surface area contributed by atoms with Crippen LogP contribution in [0.2, 0.25) is 0 Å². The largest absolute Gasteiger partial charge is 0.310 e. The maximum absolute atomic E-state index is 4.67. The van der Waals surface area contributed by atoms with Gasteiger partial charge in [0.05, 0.1) is 6.20 Å². The van der Waals surface area contributed by atoms with Gasteiger partial charge in [0.1, 0.15) is 0 Å². The van der Waals surface area contributed by atoms with Crippen LogP contribution in [0.1, 0.15) is 48.5 Å². The molecule has 20 heavy (non-hydrogen) atoms. The highest BCUT2D eigenvalue weighted by atomic mass is 15.2. The molecule has 2 heterocycles. The number of hydrogen-bond donors (Lipinski definition) is 1. The number of aryl methyl sites for hydroxylation is 2. The Morgan fingerprint density at radius 2 is 2.40 bits per heavy atom. The molecule has 4 heteroatoms. The molecule has 0 saturated carbocycles. The first-order valence-corrected chi connectivity index (χ1v) is 7.45. The van der Waals surface area contributed by atoms with E-state index in [0.29, 0.717) is 12.0 Å². The Kier molecular flexibility index (Phi) is 3.83. The van der Waals surface area contributed by atoms with E-state index in [2.05, 4.69) is 34.6 Å². The van der Waals surface area contributed by atoms with Crippen LogP contribution in [0, 0.1) is 0 Å². The summed E-state index contributed by atoms with van der Waals surface area (Å²) in [6.07, 6.45) is 9.60. The fraction of sp³-hybridized carbons (Fsp3) is 0.500. The normalized spacial score (nSPS) is 19.6. The minimum Gasteiger partial charge on any atom is -0.310 e. The number of hydrogen-bond acceptors (Lipinski definition) is 3. The van der Waals surface area contributed by atoms with Gasteiger partial charge in [0.15, 0.2) is 0 Å². The van der Waals surface area contributed by atoms with Gasteiger partial charge in [0.2, 0.25) is 0 Å². The fourth-order valence-corrected chi connectivity index (χ4v) is 3.28. The summed E-state index contributed by atoms with van der Waals surface area (Å²) >= 11 is 0. The number of pyridine rings is 1. The standard InChI is InChI=1S/C16H22N4/c1-3-17-16(13-10-19-20(2)11-13)14-8-4-6-12-7-5-9-18-15(12)14/h5,7,9-11,14,16-17H,3-4,6,8H2,1-2H3. The van der Waals surface area contributed by atoms with E-state index in [4.69, 9.17) is 0 Å². The van der Waals surface area contributed by atoms with Crippen LogP contribution in [0.4, 0.5) is 0 Å². The minimum absolute atomic E-state index is 0.308. The predicted octanol–water partition coefficient (Wildman–Crippen LogP) is 2.59. The van der Waals surface area contributed by atoms with Crippen molar-refractivity contribution in [3.8, 4) is 0 Å². The minimum atomic E-state index is 0.308. The third kappa shape index (κ3) is 2.48. The zero-order valence-electron chi connectivity index (χ0n) is 12.2. The lowest BCUT2D eigenvalue weighted by Crippen LogP contribution is -2.29. The maximum Gasteiger partial charge on any atom is 0.0537 e. The summed E-state index contributed by atoms with van der Waals surface area (Å²) in [7, 11) is 1.97. The third-order valence-corrected chi connectivity index (χ3v) is 4.15. The predicted molar refractivity (Wildman–Crippen MR) is 79.5 cm³/mol. The van der Waals surface area contributed by atoms with E-state index in [1.807, 2.05) is 30.2 Å². The first-order chi connectivity index (χ1) is 9.79. The number of nitrogens with zero attached hydrogens (tertiary/aromatic N) is 3. The molecule has 2 unspecified atom stereocenters. The fourth-order valence-electron chi connectivity index (χ4n) is 3.28. The van der Waals surface area contributed by atoms with Gasteiger partial charge in [-0.15, -0.1) is 0 Å². The van der Waals surface area contributed by atoms with Gasteiger partial charge in [0.25, 0.3) is 0 Å². The molecule has 1 N–H and O–H groups in total. The smallest absolute Gasteiger partial charge is 0.0537 e. The molecule has 0 spiro atoms. The number of nitrogens with one attached hydrogen (secondary N) is 1. The van der Waals surface area contributed by atoms with Gasteiger partial charge in [-0.3, -0.25) is 9.67 Å². The Balaban J connectivity index is 1.96. The molecule has 1 aliphatic rings. The van der Waals surface area contributed by atoms with E-state index < -0.39 is 0 Å². The lowest BCUT2D eigenvalue weighted by molar-refractivity contribution is 0.400. The summed E-state index contributed by atoms with van der Waals surface area (Å²) in [5.41, 5.74) is 3.95. The number of aromatic nitrogens is 3. The highest BCUT2D eigenvalue weighted by Gasteiger charge is 2.30. The lowest BCUT2D eigenvalue weighted by Gasteiger charge is -2.31. The average molecular weight is 270 g/mol. The molecule has 0 amide bonds. The summed E-state index contributed by atoms with van der Waals surface area (Å²) in [6.45, 7) is 3.11. The molecule has 2 aromatic heterocycles. The van der Waals surface area contributed by atoms with Gasteiger partial charge >= 0.3 is 0 Å². The van der Waals surface area contributed by atoms with E-state index in [0.717, 1.165) is 13.0 Å². The van der Waals surface area contributed by atoms with Crippen LogP contribution in [0.15, 0.2) is 30.7 Å². The number of rotatable bonds is 4. The summed E-state index contributed by atoms with van der Waals surface area (Å²) < 4.78 is 1.88. The Morgan fingerprint density at radius 1 is 1.50 bits per heavy atom. The van der Waals surface area contributed by atoms with Crippen LogP contribution in [0.25, 0.3) is 0 Å². The van der Waals surface area contributed by atoms with E-state index in [1.165, 1.54) is 29.7 Å². The molecule has 0 radical (unpaired) electrons. The second kappa shape index (κ2) is 5.75. The molecule has 3 rings (SSSR count). The molecule has 2 atom stereocenters. The van der Waals surface area contributed by atoms with Crippen LogP contribution in [0.5, 0.6) is 0 Å². The van der Waals surface area contributed by atoms with E-state index in [-0.39, 0.29) is 0 Å². The van der Waals surface area contributed by atoms with Crippen molar-refractivity contribution in [1.29, 1.82) is 0 Å². The van der Waals surface area contributed by atoms with E-state index in [1.54, 1.807) is 0 Å². The van der Waals surface area contributed by atoms with Crippen molar-refractivity contribution in [2.75, 3.05) is 6.54 Å². The van der Waals surface area contributed by atoms with Crippen LogP contribution >= 0.6 is 0 Å². The Hall–Kier alpha value is -1.68. The van der Waals surface area contributed by atoms with Gasteiger partial charge < -0.3 is 5.32 Å². The molecule has 0 bridgehead atoms. The van der Waals surface area contributed by atoms with Crippen LogP contribution in [0.3, 0.4) is 0 Å². The highest BCUT2D eigenvalue weighted by Crippen LogP contribution is 2.38. The molecule has 1 aliphatic carbocycles. The average Bonchev–Trinajstić information content (AvgIpc) is 2.91. The second-order valence-electron chi connectivity index (χ2n) is 5.53. The lowest BCUT2D eigenvalue weighted by atomic mass is 9.80. The second-order valence-corrected chi connectivity index (χ2v) is 5.53. The topological polar surface area (TPSA) is 42.7 Å². The van der Waals surface area contributed by atoms with Crippen molar-refractivity contribution in [2.24, 2.45) is 7.05 Å². The van der Waals surface area contributed by atoms with Crippen molar-refractivity contribution < 1.29 is 0 Å². The van der Waals surface area contributed by atoms with Crippen LogP contribution < -0.4 is 5.32 Å². The Morgan fingerprint density at radius 3 is 3.15 bits per heavy atom. The zero-order chi connectivity index (χ0) is 13.9. The maximum atomic E-state index is 4.67. The highest BCUT2D eigenvalue weighted by molar-refractivity contribution is 5.30. The van der Waals surface area contributed by atoms with Gasteiger partial charge in [-0.1, -0.05) is 13.0 Å². The first-order valence-electron chi connectivity index (χ1n) is 7.45. The van der Waals surface area contributed by atoms with Crippen molar-refractivity contribution in [2.45, 2.75) is 38.1 Å². The van der Waals surface area contributed by atoms with Crippen molar-refractivity contribution in [3.05, 3.63) is 47.5 Å². The molecule has 2 aromatic rings. The first kappa shape index (κ1) is 13.3. The molecular weight excluding hydrogens is 248 g/mol. The van der Waals surface area contributed by atoms with E-state index >= 15 is 0 Å².